The van der Waals surface area contributed by atoms with Crippen LogP contribution < -0.4 is 5.11 Å². The highest BCUT2D eigenvalue weighted by molar-refractivity contribution is 5.70. The number of likely N-dealkylation sites (N-methyl/N-ethyl adjacent to an activating group) is 1. The summed E-state index contributed by atoms with van der Waals surface area (Å²) >= 11 is 0. The lowest BCUT2D eigenvalue weighted by atomic mass is 10.1. The molecule has 0 radical (unpaired) electrons. The van der Waals surface area contributed by atoms with Gasteiger partial charge < -0.3 is 28.6 Å². The zero-order chi connectivity index (χ0) is 26.5. The van der Waals surface area contributed by atoms with Crippen LogP contribution >= 0.6 is 0 Å². The summed E-state index contributed by atoms with van der Waals surface area (Å²) in [6.07, 6.45) is 12.3. The lowest BCUT2D eigenvalue weighted by molar-refractivity contribution is -0.889. The van der Waals surface area contributed by atoms with E-state index in [4.69, 9.17) is 14.2 Å². The van der Waals surface area contributed by atoms with Crippen LogP contribution in [0.25, 0.3) is 0 Å². The number of unbranched alkanes of at least 4 members (excludes halogenated alkanes) is 9. The topological polar surface area (TPSA) is 102 Å². The summed E-state index contributed by atoms with van der Waals surface area (Å²) in [4.78, 5) is 35.6. The third-order valence-corrected chi connectivity index (χ3v) is 5.99. The first-order valence-corrected chi connectivity index (χ1v) is 13.6. The van der Waals surface area contributed by atoms with Crippen LogP contribution in [0.15, 0.2) is 0 Å². The number of aliphatic carboxylic acids is 1. The minimum absolute atomic E-state index is 0.0431. The van der Waals surface area contributed by atoms with Crippen molar-refractivity contribution in [3.05, 3.63) is 0 Å². The second kappa shape index (κ2) is 20.5. The Hall–Kier alpha value is -1.67. The van der Waals surface area contributed by atoms with E-state index in [9.17, 15) is 19.5 Å². The van der Waals surface area contributed by atoms with Crippen LogP contribution in [0.3, 0.4) is 0 Å². The maximum Gasteiger partial charge on any atom is 0.306 e. The highest BCUT2D eigenvalue weighted by atomic mass is 16.6. The number of rotatable bonds is 23. The van der Waals surface area contributed by atoms with Crippen LogP contribution in [-0.4, -0.2) is 75.5 Å². The molecule has 0 N–H and O–H groups in total. The van der Waals surface area contributed by atoms with E-state index in [2.05, 4.69) is 6.92 Å². The fourth-order valence-electron chi connectivity index (χ4n) is 3.75. The number of esters is 2. The van der Waals surface area contributed by atoms with E-state index in [1.807, 2.05) is 6.92 Å². The Morgan fingerprint density at radius 1 is 0.743 bits per heavy atom. The lowest BCUT2D eigenvalue weighted by Crippen LogP contribution is -2.55. The molecule has 0 spiro atoms. The minimum Gasteiger partial charge on any atom is -0.544 e. The molecule has 0 aromatic rings. The number of hydrogen-bond donors (Lipinski definition) is 0. The van der Waals surface area contributed by atoms with Gasteiger partial charge >= 0.3 is 11.9 Å². The molecule has 206 valence electrons. The van der Waals surface area contributed by atoms with Crippen molar-refractivity contribution in [2.75, 3.05) is 41.0 Å². The smallest absolute Gasteiger partial charge is 0.306 e. The molecule has 8 heteroatoms. The third-order valence-electron chi connectivity index (χ3n) is 5.99. The van der Waals surface area contributed by atoms with Gasteiger partial charge in [0.15, 0.2) is 6.10 Å². The Bertz CT molecular complexity index is 574. The maximum absolute atomic E-state index is 12.3. The van der Waals surface area contributed by atoms with Crippen LogP contribution in [-0.2, 0) is 28.6 Å². The molecule has 0 aromatic carbocycles. The highest BCUT2D eigenvalue weighted by Gasteiger charge is 2.25. The van der Waals surface area contributed by atoms with Crippen molar-refractivity contribution in [1.82, 2.24) is 0 Å². The van der Waals surface area contributed by atoms with Crippen LogP contribution in [0.2, 0.25) is 0 Å². The average molecular weight is 502 g/mol. The van der Waals surface area contributed by atoms with Gasteiger partial charge in [-0.1, -0.05) is 71.6 Å². The monoisotopic (exact) mass is 501 g/mol. The standard InChI is InChI=1S/C27H51NO7/c1-6-8-10-11-12-13-14-15-16-18-26(30)35-23(22-34-25(29)17-9-7-2)21-33-20-19-24(27(31)32)28(3,4)5/h23-24H,6-22H2,1-5H3. The molecule has 0 rings (SSSR count). The van der Waals surface area contributed by atoms with Gasteiger partial charge in [0.2, 0.25) is 0 Å². The van der Waals surface area contributed by atoms with Crippen LogP contribution in [0.5, 0.6) is 0 Å². The van der Waals surface area contributed by atoms with E-state index in [0.717, 1.165) is 32.1 Å². The van der Waals surface area contributed by atoms with E-state index in [1.54, 1.807) is 21.1 Å². The van der Waals surface area contributed by atoms with Gasteiger partial charge in [0.25, 0.3) is 0 Å². The molecule has 35 heavy (non-hydrogen) atoms. The van der Waals surface area contributed by atoms with Crippen LogP contribution in [0.1, 0.15) is 104 Å². The van der Waals surface area contributed by atoms with Crippen molar-refractivity contribution in [3.8, 4) is 0 Å². The predicted molar refractivity (Wildman–Crippen MR) is 134 cm³/mol. The quantitative estimate of drug-likeness (QED) is 0.119. The van der Waals surface area contributed by atoms with Gasteiger partial charge in [0.1, 0.15) is 12.6 Å². The van der Waals surface area contributed by atoms with E-state index in [-0.39, 0.29) is 42.7 Å². The summed E-state index contributed by atoms with van der Waals surface area (Å²) in [5.41, 5.74) is 0. The molecule has 0 bridgehead atoms. The van der Waals surface area contributed by atoms with E-state index in [1.165, 1.54) is 38.5 Å². The van der Waals surface area contributed by atoms with Gasteiger partial charge in [-0.25, -0.2) is 0 Å². The van der Waals surface area contributed by atoms with Gasteiger partial charge in [-0.2, -0.15) is 0 Å². The molecule has 0 aliphatic heterocycles. The number of ether oxygens (including phenoxy) is 3. The highest BCUT2D eigenvalue weighted by Crippen LogP contribution is 2.12. The second-order valence-electron chi connectivity index (χ2n) is 10.3. The minimum atomic E-state index is -1.13. The summed E-state index contributed by atoms with van der Waals surface area (Å²) in [6.45, 7) is 4.36. The van der Waals surface area contributed by atoms with E-state index >= 15 is 0 Å². The molecule has 0 saturated carbocycles. The predicted octanol–water partition coefficient (Wildman–Crippen LogP) is 3.78. The Balaban J connectivity index is 4.44. The molecule has 0 saturated heterocycles. The van der Waals surface area contributed by atoms with Gasteiger partial charge in [-0.3, -0.25) is 9.59 Å². The maximum atomic E-state index is 12.3. The largest absolute Gasteiger partial charge is 0.544 e. The second-order valence-corrected chi connectivity index (χ2v) is 10.3. The fourth-order valence-corrected chi connectivity index (χ4v) is 3.75. The van der Waals surface area contributed by atoms with Crippen molar-refractivity contribution in [3.63, 3.8) is 0 Å². The molecular weight excluding hydrogens is 450 g/mol. The van der Waals surface area contributed by atoms with Crippen LogP contribution in [0, 0.1) is 0 Å². The van der Waals surface area contributed by atoms with Gasteiger partial charge in [0.05, 0.1) is 40.3 Å². The van der Waals surface area contributed by atoms with Crippen molar-refractivity contribution in [2.45, 2.75) is 116 Å². The number of carboxylic acids is 1. The number of carbonyl (C=O) groups is 3. The summed E-state index contributed by atoms with van der Waals surface area (Å²) in [5, 5.41) is 11.4. The molecule has 0 aliphatic rings. The molecule has 0 aromatic heterocycles. The van der Waals surface area contributed by atoms with Crippen LogP contribution in [0.4, 0.5) is 0 Å². The number of hydrogen-bond acceptors (Lipinski definition) is 7. The van der Waals surface area contributed by atoms with Crippen molar-refractivity contribution < 1.29 is 38.2 Å². The average Bonchev–Trinajstić information content (AvgIpc) is 2.78. The van der Waals surface area contributed by atoms with E-state index < -0.39 is 18.1 Å². The summed E-state index contributed by atoms with van der Waals surface area (Å²) < 4.78 is 16.6. The number of carbonyl (C=O) groups excluding carboxylic acids is 3. The Labute approximate surface area is 213 Å². The molecule has 0 amide bonds. The molecule has 2 unspecified atom stereocenters. The summed E-state index contributed by atoms with van der Waals surface area (Å²) in [6, 6.07) is -0.713. The molecule has 0 aliphatic carbocycles. The Kier molecular flexibility index (Phi) is 19.5. The Morgan fingerprint density at radius 3 is 1.83 bits per heavy atom. The molecule has 8 nitrogen and oxygen atoms in total. The zero-order valence-corrected chi connectivity index (χ0v) is 23.0. The van der Waals surface area contributed by atoms with E-state index in [0.29, 0.717) is 12.8 Å². The molecular formula is C27H51NO7. The normalized spacial score (nSPS) is 13.3. The third kappa shape index (κ3) is 19.2. The van der Waals surface area contributed by atoms with Crippen molar-refractivity contribution in [1.29, 1.82) is 0 Å². The number of nitrogens with zero attached hydrogens (tertiary/aromatic N) is 1. The first kappa shape index (κ1) is 33.3. The fraction of sp³-hybridized carbons (Fsp3) is 0.889. The number of carboxylic acid groups (broad SMARTS) is 1. The molecule has 0 heterocycles. The van der Waals surface area contributed by atoms with Gasteiger partial charge in [-0.15, -0.1) is 0 Å². The first-order valence-electron chi connectivity index (χ1n) is 13.6. The van der Waals surface area contributed by atoms with Crippen molar-refractivity contribution >= 4 is 17.9 Å². The lowest BCUT2D eigenvalue weighted by Gasteiger charge is -2.34. The molecule has 2 atom stereocenters. The van der Waals surface area contributed by atoms with Crippen molar-refractivity contribution in [2.24, 2.45) is 0 Å². The zero-order valence-electron chi connectivity index (χ0n) is 23.0. The summed E-state index contributed by atoms with van der Waals surface area (Å²) in [7, 11) is 5.35. The first-order chi connectivity index (χ1) is 16.6. The Morgan fingerprint density at radius 2 is 1.29 bits per heavy atom. The molecule has 0 fully saturated rings. The van der Waals surface area contributed by atoms with Gasteiger partial charge in [0, 0.05) is 19.3 Å². The SMILES string of the molecule is CCCCCCCCCCCC(=O)OC(COCCC(C(=O)[O-])[N+](C)(C)C)COC(=O)CCCC. The number of quaternary nitrogens is 1. The summed E-state index contributed by atoms with van der Waals surface area (Å²) in [5.74, 6) is -1.78. The van der Waals surface area contributed by atoms with Gasteiger partial charge in [-0.05, 0) is 12.8 Å².